The van der Waals surface area contributed by atoms with Crippen molar-refractivity contribution in [3.8, 4) is 5.75 Å². The van der Waals surface area contributed by atoms with E-state index in [2.05, 4.69) is 28.1 Å². The van der Waals surface area contributed by atoms with Crippen molar-refractivity contribution in [1.29, 1.82) is 0 Å². The zero-order valence-electron chi connectivity index (χ0n) is 15.9. The molecule has 2 aromatic carbocycles. The Morgan fingerprint density at radius 2 is 1.93 bits per heavy atom. The van der Waals surface area contributed by atoms with Gasteiger partial charge >= 0.3 is 0 Å². The second kappa shape index (κ2) is 9.11. The molecule has 1 saturated heterocycles. The summed E-state index contributed by atoms with van der Waals surface area (Å²) in [6.45, 7) is 6.54. The van der Waals surface area contributed by atoms with Gasteiger partial charge in [0.25, 0.3) is 0 Å². The molecule has 1 aliphatic heterocycles. The summed E-state index contributed by atoms with van der Waals surface area (Å²) in [4.78, 5) is 16.8. The molecule has 1 heterocycles. The fraction of sp³-hybridized carbons (Fsp3) is 0.381. The lowest BCUT2D eigenvalue weighted by molar-refractivity contribution is -0.122. The Balaban J connectivity index is 1.46. The summed E-state index contributed by atoms with van der Waals surface area (Å²) in [6.07, 6.45) is 0. The van der Waals surface area contributed by atoms with E-state index in [9.17, 15) is 4.79 Å². The summed E-state index contributed by atoms with van der Waals surface area (Å²) in [5.74, 6) is 0.847. The second-order valence-corrected chi connectivity index (χ2v) is 7.26. The minimum Gasteiger partial charge on any atom is -0.497 e. The number of carbonyl (C=O) groups is 1. The van der Waals surface area contributed by atoms with Gasteiger partial charge in [-0.05, 0) is 42.3 Å². The normalized spacial score (nSPS) is 14.9. The van der Waals surface area contributed by atoms with Crippen LogP contribution in [0.3, 0.4) is 0 Å². The average Bonchev–Trinajstić information content (AvgIpc) is 2.69. The van der Waals surface area contributed by atoms with Gasteiger partial charge in [0.1, 0.15) is 5.75 Å². The molecule has 3 rings (SSSR count). The second-order valence-electron chi connectivity index (χ2n) is 6.82. The van der Waals surface area contributed by atoms with Crippen LogP contribution in [0, 0.1) is 6.92 Å². The van der Waals surface area contributed by atoms with Crippen molar-refractivity contribution in [1.82, 2.24) is 10.2 Å². The number of ether oxygens (including phenoxy) is 1. The molecule has 1 fully saturated rings. The maximum Gasteiger partial charge on any atom is 0.234 e. The van der Waals surface area contributed by atoms with Gasteiger partial charge in [0.15, 0.2) is 0 Å². The van der Waals surface area contributed by atoms with Gasteiger partial charge in [-0.2, -0.15) is 0 Å². The van der Waals surface area contributed by atoms with Gasteiger partial charge in [0.2, 0.25) is 5.91 Å². The number of amides is 1. The molecular formula is C21H26ClN3O2. The van der Waals surface area contributed by atoms with Crippen LogP contribution in [0.15, 0.2) is 42.5 Å². The summed E-state index contributed by atoms with van der Waals surface area (Å²) < 4.78 is 5.21. The van der Waals surface area contributed by atoms with Crippen molar-refractivity contribution in [2.75, 3.05) is 44.7 Å². The van der Waals surface area contributed by atoms with Crippen LogP contribution in [0.4, 0.5) is 5.69 Å². The van der Waals surface area contributed by atoms with Crippen LogP contribution in [0.5, 0.6) is 5.75 Å². The van der Waals surface area contributed by atoms with Gasteiger partial charge in [-0.1, -0.05) is 29.8 Å². The molecule has 0 bridgehead atoms. The molecule has 0 aliphatic carbocycles. The van der Waals surface area contributed by atoms with E-state index in [1.165, 1.54) is 11.3 Å². The molecule has 2 aromatic rings. The largest absolute Gasteiger partial charge is 0.497 e. The Bertz CT molecular complexity index is 789. The number of benzene rings is 2. The van der Waals surface area contributed by atoms with Crippen LogP contribution < -0.4 is 15.0 Å². The van der Waals surface area contributed by atoms with Crippen LogP contribution in [-0.4, -0.2) is 50.6 Å². The van der Waals surface area contributed by atoms with E-state index in [4.69, 9.17) is 16.3 Å². The molecule has 1 N–H and O–H groups in total. The van der Waals surface area contributed by atoms with Gasteiger partial charge in [-0.15, -0.1) is 0 Å². The number of anilines is 1. The number of piperazine rings is 1. The summed E-state index contributed by atoms with van der Waals surface area (Å²) in [5, 5.41) is 3.75. The lowest BCUT2D eigenvalue weighted by Crippen LogP contribution is -2.49. The maximum atomic E-state index is 12.3. The first-order valence-electron chi connectivity index (χ1n) is 9.18. The van der Waals surface area contributed by atoms with Gasteiger partial charge in [-0.25, -0.2) is 0 Å². The molecule has 1 amide bonds. The van der Waals surface area contributed by atoms with Crippen LogP contribution in [-0.2, 0) is 11.3 Å². The standard InChI is InChI=1S/C21H26ClN3O2/c1-16-6-7-18(22)13-20(16)25-10-8-24(9-11-25)15-21(26)23-14-17-4-3-5-19(12-17)27-2/h3-7,12-13H,8-11,14-15H2,1-2H3,(H,23,26). The first-order valence-corrected chi connectivity index (χ1v) is 9.56. The number of nitrogens with zero attached hydrogens (tertiary/aromatic N) is 2. The van der Waals surface area contributed by atoms with Gasteiger partial charge in [0.05, 0.1) is 13.7 Å². The third-order valence-electron chi connectivity index (χ3n) is 4.88. The highest BCUT2D eigenvalue weighted by molar-refractivity contribution is 6.30. The topological polar surface area (TPSA) is 44.8 Å². The van der Waals surface area contributed by atoms with Crippen molar-refractivity contribution >= 4 is 23.2 Å². The lowest BCUT2D eigenvalue weighted by Gasteiger charge is -2.36. The Morgan fingerprint density at radius 1 is 1.15 bits per heavy atom. The Kier molecular flexibility index (Phi) is 6.58. The number of carbonyl (C=O) groups excluding carboxylic acids is 1. The molecule has 0 spiro atoms. The average molecular weight is 388 g/mol. The summed E-state index contributed by atoms with van der Waals surface area (Å²) in [7, 11) is 1.64. The minimum atomic E-state index is 0.0465. The van der Waals surface area contributed by atoms with E-state index in [0.717, 1.165) is 42.5 Å². The number of methoxy groups -OCH3 is 1. The third kappa shape index (κ3) is 5.37. The molecule has 1 aliphatic rings. The third-order valence-corrected chi connectivity index (χ3v) is 5.11. The van der Waals surface area contributed by atoms with Crippen molar-refractivity contribution in [2.24, 2.45) is 0 Å². The zero-order valence-corrected chi connectivity index (χ0v) is 16.6. The predicted octanol–water partition coefficient (Wildman–Crippen LogP) is 3.10. The molecule has 0 aromatic heterocycles. The fourth-order valence-corrected chi connectivity index (χ4v) is 3.48. The highest BCUT2D eigenvalue weighted by atomic mass is 35.5. The first-order chi connectivity index (χ1) is 13.0. The minimum absolute atomic E-state index is 0.0465. The molecule has 0 saturated carbocycles. The van der Waals surface area contributed by atoms with E-state index in [1.54, 1.807) is 7.11 Å². The van der Waals surface area contributed by atoms with Crippen molar-refractivity contribution < 1.29 is 9.53 Å². The molecular weight excluding hydrogens is 362 g/mol. The van der Waals surface area contributed by atoms with Crippen molar-refractivity contribution in [3.63, 3.8) is 0 Å². The Hall–Kier alpha value is -2.24. The highest BCUT2D eigenvalue weighted by Gasteiger charge is 2.20. The molecule has 27 heavy (non-hydrogen) atoms. The molecule has 144 valence electrons. The van der Waals surface area contributed by atoms with Crippen LogP contribution in [0.25, 0.3) is 0 Å². The number of hydrogen-bond donors (Lipinski definition) is 1. The quantitative estimate of drug-likeness (QED) is 0.827. The van der Waals surface area contributed by atoms with Crippen molar-refractivity contribution in [3.05, 3.63) is 58.6 Å². The first kappa shape index (κ1) is 19.5. The van der Waals surface area contributed by atoms with E-state index in [-0.39, 0.29) is 5.91 Å². The number of nitrogens with one attached hydrogen (secondary N) is 1. The Labute approximate surface area is 165 Å². The number of rotatable bonds is 6. The summed E-state index contributed by atoms with van der Waals surface area (Å²) >= 11 is 6.14. The zero-order chi connectivity index (χ0) is 19.2. The van der Waals surface area contributed by atoms with E-state index < -0.39 is 0 Å². The molecule has 6 heteroatoms. The predicted molar refractivity (Wildman–Crippen MR) is 110 cm³/mol. The Morgan fingerprint density at radius 3 is 2.67 bits per heavy atom. The van der Waals surface area contributed by atoms with Crippen LogP contribution in [0.1, 0.15) is 11.1 Å². The fourth-order valence-electron chi connectivity index (χ4n) is 3.31. The smallest absolute Gasteiger partial charge is 0.234 e. The number of aryl methyl sites for hydroxylation is 1. The summed E-state index contributed by atoms with van der Waals surface area (Å²) in [5.41, 5.74) is 3.44. The van der Waals surface area contributed by atoms with E-state index in [0.29, 0.717) is 13.1 Å². The van der Waals surface area contributed by atoms with Crippen LogP contribution >= 0.6 is 11.6 Å². The van der Waals surface area contributed by atoms with Crippen molar-refractivity contribution in [2.45, 2.75) is 13.5 Å². The molecule has 0 atom stereocenters. The number of hydrogen-bond acceptors (Lipinski definition) is 4. The lowest BCUT2D eigenvalue weighted by atomic mass is 10.1. The van der Waals surface area contributed by atoms with Gasteiger partial charge < -0.3 is 15.0 Å². The maximum absolute atomic E-state index is 12.3. The van der Waals surface area contributed by atoms with Crippen LogP contribution in [0.2, 0.25) is 5.02 Å². The van der Waals surface area contributed by atoms with E-state index in [1.807, 2.05) is 36.4 Å². The summed E-state index contributed by atoms with van der Waals surface area (Å²) in [6, 6.07) is 13.7. The number of halogens is 1. The van der Waals surface area contributed by atoms with Gasteiger partial charge in [0, 0.05) is 43.4 Å². The highest BCUT2D eigenvalue weighted by Crippen LogP contribution is 2.25. The van der Waals surface area contributed by atoms with E-state index >= 15 is 0 Å². The molecule has 0 unspecified atom stereocenters. The molecule has 5 nitrogen and oxygen atoms in total. The monoisotopic (exact) mass is 387 g/mol. The SMILES string of the molecule is COc1cccc(CNC(=O)CN2CCN(c3cc(Cl)ccc3C)CC2)c1. The molecule has 0 radical (unpaired) electrons. The van der Waals surface area contributed by atoms with Gasteiger partial charge in [-0.3, -0.25) is 9.69 Å².